The molecule has 0 heterocycles. The highest BCUT2D eigenvalue weighted by Gasteiger charge is 2.53. The summed E-state index contributed by atoms with van der Waals surface area (Å²) in [6.45, 7) is 5.99. The van der Waals surface area contributed by atoms with Gasteiger partial charge in [-0.05, 0) is 56.3 Å². The molecule has 2 fully saturated rings. The van der Waals surface area contributed by atoms with Crippen molar-refractivity contribution in [2.45, 2.75) is 51.4 Å². The Balaban J connectivity index is 0.00000220. The number of guanidine groups is 1. The van der Waals surface area contributed by atoms with Gasteiger partial charge in [-0.25, -0.2) is 0 Å². The normalized spacial score (nSPS) is 19.6. The smallest absolute Gasteiger partial charge is 0.193 e. The minimum atomic E-state index is 0. The Kier molecular flexibility index (Phi) is 8.06. The molecule has 0 amide bonds. The molecule has 1 N–H and O–H groups in total. The summed E-state index contributed by atoms with van der Waals surface area (Å²) in [6.07, 6.45) is 12.7. The van der Waals surface area contributed by atoms with Crippen LogP contribution in [0.25, 0.3) is 0 Å². The van der Waals surface area contributed by atoms with E-state index in [1.54, 1.807) is 0 Å². The van der Waals surface area contributed by atoms with Gasteiger partial charge >= 0.3 is 0 Å². The van der Waals surface area contributed by atoms with Crippen LogP contribution in [0.2, 0.25) is 0 Å². The van der Waals surface area contributed by atoms with Crippen molar-refractivity contribution >= 4 is 29.9 Å². The van der Waals surface area contributed by atoms with Crippen molar-refractivity contribution in [2.75, 3.05) is 27.2 Å². The van der Waals surface area contributed by atoms with E-state index in [1.165, 1.54) is 44.9 Å². The zero-order valence-corrected chi connectivity index (χ0v) is 16.1. The molecule has 0 saturated heterocycles. The second kappa shape index (κ2) is 9.01. The summed E-state index contributed by atoms with van der Waals surface area (Å²) in [5.74, 6) is 2.08. The van der Waals surface area contributed by atoms with Crippen molar-refractivity contribution in [3.63, 3.8) is 0 Å². The Bertz CT molecular complexity index is 346. The molecule has 0 spiro atoms. The zero-order valence-electron chi connectivity index (χ0n) is 13.7. The van der Waals surface area contributed by atoms with Crippen LogP contribution in [-0.4, -0.2) is 38.0 Å². The van der Waals surface area contributed by atoms with E-state index >= 15 is 0 Å². The fourth-order valence-corrected chi connectivity index (χ4v) is 3.15. The van der Waals surface area contributed by atoms with Gasteiger partial charge in [0.15, 0.2) is 5.96 Å². The van der Waals surface area contributed by atoms with E-state index < -0.39 is 0 Å². The number of allylic oxidation sites excluding steroid dienone is 1. The molecular weight excluding hydrogens is 373 g/mol. The van der Waals surface area contributed by atoms with Crippen LogP contribution in [0.15, 0.2) is 17.6 Å². The average molecular weight is 405 g/mol. The number of hydrogen-bond donors (Lipinski definition) is 1. The molecule has 2 aliphatic carbocycles. The lowest BCUT2D eigenvalue weighted by Gasteiger charge is -2.24. The third-order valence-corrected chi connectivity index (χ3v) is 4.91. The fraction of sp³-hybridized carbons (Fsp3) is 0.824. The standard InChI is InChI=1S/C17H31N3.HI/c1-4-5-6-7-8-13-20(3)16(18-2)19-14-17(11-12-17)15-9-10-15;/h4,15H,1,5-14H2,2-3H3,(H,18,19);1H. The van der Waals surface area contributed by atoms with Crippen molar-refractivity contribution in [2.24, 2.45) is 16.3 Å². The molecule has 2 saturated carbocycles. The second-order valence-corrected chi connectivity index (χ2v) is 6.60. The number of nitrogens with zero attached hydrogens (tertiary/aromatic N) is 2. The summed E-state index contributed by atoms with van der Waals surface area (Å²) in [5, 5.41) is 3.61. The Morgan fingerprint density at radius 1 is 1.33 bits per heavy atom. The summed E-state index contributed by atoms with van der Waals surface area (Å²) in [4.78, 5) is 6.70. The highest BCUT2D eigenvalue weighted by molar-refractivity contribution is 14.0. The van der Waals surface area contributed by atoms with Crippen LogP contribution in [0.5, 0.6) is 0 Å². The molecule has 4 heteroatoms. The number of halogens is 1. The van der Waals surface area contributed by atoms with E-state index in [0.717, 1.165) is 31.4 Å². The van der Waals surface area contributed by atoms with Gasteiger partial charge in [0.25, 0.3) is 0 Å². The summed E-state index contributed by atoms with van der Waals surface area (Å²) < 4.78 is 0. The first-order valence-corrected chi connectivity index (χ1v) is 8.24. The molecule has 0 radical (unpaired) electrons. The topological polar surface area (TPSA) is 27.6 Å². The number of rotatable bonds is 9. The van der Waals surface area contributed by atoms with Gasteiger partial charge < -0.3 is 10.2 Å². The highest BCUT2D eigenvalue weighted by Crippen LogP contribution is 2.60. The first-order valence-electron chi connectivity index (χ1n) is 8.24. The summed E-state index contributed by atoms with van der Waals surface area (Å²) >= 11 is 0. The van der Waals surface area contributed by atoms with Crippen LogP contribution < -0.4 is 5.32 Å². The third kappa shape index (κ3) is 5.80. The largest absolute Gasteiger partial charge is 0.356 e. The van der Waals surface area contributed by atoms with Gasteiger partial charge in [-0.3, -0.25) is 4.99 Å². The number of aliphatic imine (C=N–C) groups is 1. The first kappa shape index (κ1) is 18.8. The van der Waals surface area contributed by atoms with Crippen LogP contribution in [0.1, 0.15) is 51.4 Å². The van der Waals surface area contributed by atoms with Gasteiger partial charge in [-0.1, -0.05) is 12.5 Å². The quantitative estimate of drug-likeness (QED) is 0.206. The van der Waals surface area contributed by atoms with E-state index in [2.05, 4.69) is 28.8 Å². The molecule has 2 aliphatic rings. The molecule has 0 aliphatic heterocycles. The van der Waals surface area contributed by atoms with E-state index in [0.29, 0.717) is 5.41 Å². The van der Waals surface area contributed by atoms with Gasteiger partial charge in [-0.15, -0.1) is 30.6 Å². The third-order valence-electron chi connectivity index (χ3n) is 4.91. The molecule has 0 aromatic rings. The highest BCUT2D eigenvalue weighted by atomic mass is 127. The lowest BCUT2D eigenvalue weighted by atomic mass is 10.0. The minimum absolute atomic E-state index is 0. The number of hydrogen-bond acceptors (Lipinski definition) is 1. The lowest BCUT2D eigenvalue weighted by molar-refractivity contribution is 0.406. The predicted molar refractivity (Wildman–Crippen MR) is 102 cm³/mol. The van der Waals surface area contributed by atoms with Crippen molar-refractivity contribution in [3.8, 4) is 0 Å². The number of unbranched alkanes of at least 4 members (excludes halogenated alkanes) is 3. The maximum absolute atomic E-state index is 4.43. The van der Waals surface area contributed by atoms with Gasteiger partial charge in [0.2, 0.25) is 0 Å². The van der Waals surface area contributed by atoms with Crippen molar-refractivity contribution in [1.29, 1.82) is 0 Å². The minimum Gasteiger partial charge on any atom is -0.356 e. The second-order valence-electron chi connectivity index (χ2n) is 6.60. The Hall–Kier alpha value is -0.260. The summed E-state index contributed by atoms with van der Waals surface area (Å²) in [5.41, 5.74) is 0.640. The molecule has 0 atom stereocenters. The van der Waals surface area contributed by atoms with Crippen molar-refractivity contribution in [3.05, 3.63) is 12.7 Å². The SMILES string of the molecule is C=CCCCCCN(C)C(=NC)NCC1(C2CC2)CC1.I. The maximum atomic E-state index is 4.43. The summed E-state index contributed by atoms with van der Waals surface area (Å²) in [7, 11) is 4.05. The van der Waals surface area contributed by atoms with Crippen LogP contribution in [0.3, 0.4) is 0 Å². The van der Waals surface area contributed by atoms with E-state index in [1.807, 2.05) is 13.1 Å². The first-order chi connectivity index (χ1) is 9.72. The molecule has 3 nitrogen and oxygen atoms in total. The molecule has 2 rings (SSSR count). The summed E-state index contributed by atoms with van der Waals surface area (Å²) in [6, 6.07) is 0. The molecule has 0 aromatic heterocycles. The Labute approximate surface area is 147 Å². The van der Waals surface area contributed by atoms with Crippen molar-refractivity contribution in [1.82, 2.24) is 10.2 Å². The van der Waals surface area contributed by atoms with Crippen LogP contribution in [0, 0.1) is 11.3 Å². The molecule has 122 valence electrons. The monoisotopic (exact) mass is 405 g/mol. The number of nitrogens with one attached hydrogen (secondary N) is 1. The predicted octanol–water partition coefficient (Wildman–Crippen LogP) is 4.05. The van der Waals surface area contributed by atoms with Gasteiger partial charge in [0, 0.05) is 27.2 Å². The van der Waals surface area contributed by atoms with Gasteiger partial charge in [0.05, 0.1) is 0 Å². The average Bonchev–Trinajstić information content (AvgIpc) is 3.31. The molecule has 21 heavy (non-hydrogen) atoms. The van der Waals surface area contributed by atoms with Gasteiger partial charge in [-0.2, -0.15) is 0 Å². The van der Waals surface area contributed by atoms with E-state index in [-0.39, 0.29) is 24.0 Å². The van der Waals surface area contributed by atoms with Crippen LogP contribution in [0.4, 0.5) is 0 Å². The zero-order chi connectivity index (χ0) is 14.4. The van der Waals surface area contributed by atoms with Crippen LogP contribution >= 0.6 is 24.0 Å². The van der Waals surface area contributed by atoms with E-state index in [9.17, 15) is 0 Å². The molecule has 0 aromatic carbocycles. The molecular formula is C17H32IN3. The Morgan fingerprint density at radius 2 is 2.05 bits per heavy atom. The molecule has 0 unspecified atom stereocenters. The molecule has 0 bridgehead atoms. The van der Waals surface area contributed by atoms with Crippen LogP contribution in [-0.2, 0) is 0 Å². The van der Waals surface area contributed by atoms with Gasteiger partial charge in [0.1, 0.15) is 0 Å². The van der Waals surface area contributed by atoms with Crippen molar-refractivity contribution < 1.29 is 0 Å². The Morgan fingerprint density at radius 3 is 2.57 bits per heavy atom. The maximum Gasteiger partial charge on any atom is 0.193 e. The fourth-order valence-electron chi connectivity index (χ4n) is 3.15. The van der Waals surface area contributed by atoms with E-state index in [4.69, 9.17) is 0 Å². The lowest BCUT2D eigenvalue weighted by Crippen LogP contribution is -2.42.